The molecular weight excluding hydrogens is 274 g/mol. The van der Waals surface area contributed by atoms with Gasteiger partial charge in [0.25, 0.3) is 6.43 Å². The molecule has 0 aliphatic heterocycles. The molecule has 0 spiro atoms. The van der Waals surface area contributed by atoms with E-state index in [1.807, 2.05) is 13.8 Å². The Hall–Kier alpha value is -1.16. The van der Waals surface area contributed by atoms with Gasteiger partial charge in [0.1, 0.15) is 5.75 Å². The Bertz CT molecular complexity index is 375. The number of aliphatic hydroxyl groups is 1. The first kappa shape index (κ1) is 19.8. The van der Waals surface area contributed by atoms with E-state index < -0.39 is 6.43 Å². The van der Waals surface area contributed by atoms with E-state index in [2.05, 4.69) is 0 Å². The first-order valence-corrected chi connectivity index (χ1v) is 7.63. The molecule has 122 valence electrons. The Morgan fingerprint density at radius 2 is 1.67 bits per heavy atom. The van der Waals surface area contributed by atoms with Crippen molar-refractivity contribution < 1.29 is 18.6 Å². The van der Waals surface area contributed by atoms with Crippen LogP contribution in [0.1, 0.15) is 69.4 Å². The highest BCUT2D eigenvalue weighted by molar-refractivity contribution is 5.38. The fraction of sp³-hybridized carbons (Fsp3) is 0.647. The van der Waals surface area contributed by atoms with Crippen LogP contribution in [0.25, 0.3) is 0 Å². The van der Waals surface area contributed by atoms with Crippen LogP contribution in [0, 0.1) is 0 Å². The summed E-state index contributed by atoms with van der Waals surface area (Å²) in [5.41, 5.74) is 0.969. The number of aliphatic hydroxyl groups excluding tert-OH is 1. The third-order valence-electron chi connectivity index (χ3n) is 3.57. The van der Waals surface area contributed by atoms with Gasteiger partial charge in [-0.1, -0.05) is 33.1 Å². The van der Waals surface area contributed by atoms with Gasteiger partial charge in [0.05, 0.1) is 7.11 Å². The predicted octanol–water partition coefficient (Wildman–Crippen LogP) is 5.32. The van der Waals surface area contributed by atoms with Gasteiger partial charge < -0.3 is 9.84 Å². The molecule has 1 saturated carbocycles. The van der Waals surface area contributed by atoms with Crippen molar-refractivity contribution in [3.8, 4) is 5.75 Å². The molecule has 1 aromatic rings. The molecule has 2 nitrogen and oxygen atoms in total. The lowest BCUT2D eigenvalue weighted by atomic mass is 9.82. The van der Waals surface area contributed by atoms with Gasteiger partial charge in [-0.25, -0.2) is 8.78 Å². The van der Waals surface area contributed by atoms with E-state index in [-0.39, 0.29) is 11.5 Å². The number of ether oxygens (including phenoxy) is 1. The zero-order chi connectivity index (χ0) is 16.3. The van der Waals surface area contributed by atoms with E-state index in [1.165, 1.54) is 12.5 Å². The lowest BCUT2D eigenvalue weighted by Gasteiger charge is -2.24. The molecule has 1 aromatic carbocycles. The average Bonchev–Trinajstić information content (AvgIpc) is 2.58. The van der Waals surface area contributed by atoms with Crippen LogP contribution in [0.3, 0.4) is 0 Å². The minimum Gasteiger partial charge on any atom is -0.497 e. The smallest absolute Gasteiger partial charge is 0.264 e. The van der Waals surface area contributed by atoms with E-state index >= 15 is 0 Å². The summed E-state index contributed by atoms with van der Waals surface area (Å²) in [5, 5.41) is 7.00. The van der Waals surface area contributed by atoms with E-state index in [0.717, 1.165) is 38.4 Å². The summed E-state index contributed by atoms with van der Waals surface area (Å²) in [4.78, 5) is 0. The SMILES string of the molecule is CC.CO.COc1ccc(C(F)F)c(C2CCCCC2)c1. The van der Waals surface area contributed by atoms with Crippen LogP contribution in [0.4, 0.5) is 8.78 Å². The van der Waals surface area contributed by atoms with Gasteiger partial charge in [0.15, 0.2) is 0 Å². The van der Waals surface area contributed by atoms with Crippen LogP contribution in [-0.2, 0) is 0 Å². The standard InChI is InChI=1S/C14H18F2O.C2H6.CH4O/c1-17-11-7-8-12(14(15)16)13(9-11)10-5-3-2-4-6-10;2*1-2/h7-10,14H,2-6H2,1H3;1-2H3;2H,1H3. The molecule has 4 heteroatoms. The molecule has 0 bridgehead atoms. The van der Waals surface area contributed by atoms with Crippen LogP contribution in [0.5, 0.6) is 5.75 Å². The Labute approximate surface area is 127 Å². The fourth-order valence-electron chi connectivity index (χ4n) is 2.65. The van der Waals surface area contributed by atoms with E-state index in [1.54, 1.807) is 19.2 Å². The summed E-state index contributed by atoms with van der Waals surface area (Å²) in [7, 11) is 2.57. The Morgan fingerprint density at radius 1 is 1.10 bits per heavy atom. The normalized spacial score (nSPS) is 14.7. The van der Waals surface area contributed by atoms with Crippen LogP contribution in [0.15, 0.2) is 18.2 Å². The quantitative estimate of drug-likeness (QED) is 0.819. The highest BCUT2D eigenvalue weighted by Gasteiger charge is 2.22. The van der Waals surface area contributed by atoms with Gasteiger partial charge in [0, 0.05) is 12.7 Å². The zero-order valence-corrected chi connectivity index (χ0v) is 13.5. The number of benzene rings is 1. The molecule has 21 heavy (non-hydrogen) atoms. The van der Waals surface area contributed by atoms with Crippen molar-refractivity contribution in [1.29, 1.82) is 0 Å². The van der Waals surface area contributed by atoms with Crippen molar-refractivity contribution in [1.82, 2.24) is 0 Å². The summed E-state index contributed by atoms with van der Waals surface area (Å²) in [6.07, 6.45) is 3.16. The van der Waals surface area contributed by atoms with E-state index in [0.29, 0.717) is 5.75 Å². The Morgan fingerprint density at radius 3 is 2.14 bits per heavy atom. The number of hydrogen-bond donors (Lipinski definition) is 1. The van der Waals surface area contributed by atoms with Gasteiger partial charge in [-0.3, -0.25) is 0 Å². The fourth-order valence-corrected chi connectivity index (χ4v) is 2.65. The molecule has 0 heterocycles. The summed E-state index contributed by atoms with van der Waals surface area (Å²) in [5.74, 6) is 0.956. The molecule has 0 atom stereocenters. The van der Waals surface area contributed by atoms with E-state index in [4.69, 9.17) is 9.84 Å². The van der Waals surface area contributed by atoms with Crippen molar-refractivity contribution in [3.05, 3.63) is 29.3 Å². The molecule has 0 unspecified atom stereocenters. The first-order chi connectivity index (χ1) is 10.2. The maximum atomic E-state index is 13.0. The Balaban J connectivity index is 0.000000921. The topological polar surface area (TPSA) is 29.5 Å². The minimum atomic E-state index is -2.39. The predicted molar refractivity (Wildman–Crippen MR) is 83.3 cm³/mol. The van der Waals surface area contributed by atoms with Crippen LogP contribution >= 0.6 is 0 Å². The van der Waals surface area contributed by atoms with Crippen molar-refractivity contribution in [2.45, 2.75) is 58.3 Å². The largest absolute Gasteiger partial charge is 0.497 e. The number of hydrogen-bond acceptors (Lipinski definition) is 2. The van der Waals surface area contributed by atoms with Crippen molar-refractivity contribution in [2.24, 2.45) is 0 Å². The van der Waals surface area contributed by atoms with Crippen LogP contribution in [0.2, 0.25) is 0 Å². The van der Waals surface area contributed by atoms with Gasteiger partial charge in [-0.05, 0) is 42.5 Å². The summed E-state index contributed by atoms with van der Waals surface area (Å²) >= 11 is 0. The summed E-state index contributed by atoms with van der Waals surface area (Å²) in [6.45, 7) is 4.00. The monoisotopic (exact) mass is 302 g/mol. The van der Waals surface area contributed by atoms with E-state index in [9.17, 15) is 8.78 Å². The molecule has 0 saturated heterocycles. The number of alkyl halides is 2. The van der Waals surface area contributed by atoms with Gasteiger partial charge >= 0.3 is 0 Å². The van der Waals surface area contributed by atoms with Crippen LogP contribution in [-0.4, -0.2) is 19.3 Å². The molecule has 1 N–H and O–H groups in total. The van der Waals surface area contributed by atoms with Crippen molar-refractivity contribution in [2.75, 3.05) is 14.2 Å². The minimum absolute atomic E-state index is 0.178. The molecular formula is C17H28F2O2. The second-order valence-corrected chi connectivity index (χ2v) is 4.63. The van der Waals surface area contributed by atoms with Gasteiger partial charge in [0.2, 0.25) is 0 Å². The number of halogens is 2. The number of rotatable bonds is 3. The highest BCUT2D eigenvalue weighted by atomic mass is 19.3. The molecule has 1 aliphatic carbocycles. The maximum absolute atomic E-state index is 13.0. The van der Waals surface area contributed by atoms with Crippen LogP contribution < -0.4 is 4.74 Å². The van der Waals surface area contributed by atoms with Gasteiger partial charge in [-0.2, -0.15) is 0 Å². The average molecular weight is 302 g/mol. The molecule has 1 fully saturated rings. The second kappa shape index (κ2) is 11.5. The summed E-state index contributed by atoms with van der Waals surface area (Å²) in [6, 6.07) is 4.92. The first-order valence-electron chi connectivity index (χ1n) is 7.63. The van der Waals surface area contributed by atoms with Gasteiger partial charge in [-0.15, -0.1) is 0 Å². The third-order valence-corrected chi connectivity index (χ3v) is 3.57. The second-order valence-electron chi connectivity index (χ2n) is 4.63. The Kier molecular flexibility index (Phi) is 10.9. The molecule has 1 aliphatic rings. The third kappa shape index (κ3) is 6.00. The molecule has 2 rings (SSSR count). The lowest BCUT2D eigenvalue weighted by molar-refractivity contribution is 0.149. The maximum Gasteiger partial charge on any atom is 0.264 e. The lowest BCUT2D eigenvalue weighted by Crippen LogP contribution is -2.08. The summed E-state index contributed by atoms with van der Waals surface area (Å²) < 4.78 is 31.1. The highest BCUT2D eigenvalue weighted by Crippen LogP contribution is 2.38. The molecule has 0 aromatic heterocycles. The molecule has 0 amide bonds. The number of methoxy groups -OCH3 is 1. The molecule has 0 radical (unpaired) electrons. The van der Waals surface area contributed by atoms with Crippen molar-refractivity contribution in [3.63, 3.8) is 0 Å². The zero-order valence-electron chi connectivity index (χ0n) is 13.5. The van der Waals surface area contributed by atoms with Crippen molar-refractivity contribution >= 4 is 0 Å².